The summed E-state index contributed by atoms with van der Waals surface area (Å²) in [6.07, 6.45) is 7.61. The summed E-state index contributed by atoms with van der Waals surface area (Å²) in [5, 5.41) is 10.7. The van der Waals surface area contributed by atoms with Crippen molar-refractivity contribution in [3.63, 3.8) is 0 Å². The van der Waals surface area contributed by atoms with Crippen molar-refractivity contribution in [3.8, 4) is 0 Å². The molecule has 20 heavy (non-hydrogen) atoms. The summed E-state index contributed by atoms with van der Waals surface area (Å²) in [5.41, 5.74) is 0. The molecule has 1 saturated carbocycles. The number of thiazole rings is 1. The maximum atomic E-state index is 11.6. The fourth-order valence-electron chi connectivity index (χ4n) is 2.24. The first-order valence-electron chi connectivity index (χ1n) is 6.98. The normalized spacial score (nSPS) is 15.6. The zero-order chi connectivity index (χ0) is 14.2. The summed E-state index contributed by atoms with van der Waals surface area (Å²) in [6.45, 7) is 0.329. The van der Waals surface area contributed by atoms with E-state index in [1.807, 2.05) is 0 Å². The van der Waals surface area contributed by atoms with E-state index in [0.29, 0.717) is 11.7 Å². The zero-order valence-corrected chi connectivity index (χ0v) is 12.2. The fraction of sp³-hybridized carbons (Fsp3) is 0.615. The highest BCUT2D eigenvalue weighted by Gasteiger charge is 2.15. The number of amides is 3. The number of nitrogens with zero attached hydrogens (tertiary/aromatic N) is 1. The lowest BCUT2D eigenvalue weighted by atomic mass is 9.96. The molecular formula is C13H20N4O2S. The van der Waals surface area contributed by atoms with Gasteiger partial charge in [0.05, 0.1) is 0 Å². The standard InChI is InChI=1S/C13H20N4O2S/c18-11(17-13-15-8-9-20-13)6-7-14-12(19)16-10-4-2-1-3-5-10/h8-10H,1-7H2,(H2,14,16,19)(H,15,17,18). The van der Waals surface area contributed by atoms with Crippen molar-refractivity contribution < 1.29 is 9.59 Å². The minimum atomic E-state index is -0.182. The molecule has 7 heteroatoms. The summed E-state index contributed by atoms with van der Waals surface area (Å²) in [7, 11) is 0. The minimum absolute atomic E-state index is 0.141. The van der Waals surface area contributed by atoms with Gasteiger partial charge in [-0.05, 0) is 12.8 Å². The Bertz CT molecular complexity index is 430. The quantitative estimate of drug-likeness (QED) is 0.778. The van der Waals surface area contributed by atoms with E-state index in [1.54, 1.807) is 11.6 Å². The molecule has 2 rings (SSSR count). The summed E-state index contributed by atoms with van der Waals surface area (Å²) in [6, 6.07) is 0.104. The molecule has 0 aliphatic heterocycles. The van der Waals surface area contributed by atoms with E-state index in [4.69, 9.17) is 0 Å². The van der Waals surface area contributed by atoms with Gasteiger partial charge in [0.15, 0.2) is 5.13 Å². The molecule has 0 bridgehead atoms. The van der Waals surface area contributed by atoms with E-state index in [9.17, 15) is 9.59 Å². The molecule has 0 unspecified atom stereocenters. The Kier molecular flexibility index (Phi) is 5.79. The molecule has 1 aliphatic carbocycles. The van der Waals surface area contributed by atoms with Crippen molar-refractivity contribution in [1.82, 2.24) is 15.6 Å². The predicted octanol–water partition coefficient (Wildman–Crippen LogP) is 2.10. The van der Waals surface area contributed by atoms with Gasteiger partial charge in [0, 0.05) is 30.6 Å². The Morgan fingerprint density at radius 2 is 2.10 bits per heavy atom. The van der Waals surface area contributed by atoms with Crippen LogP contribution in [0.3, 0.4) is 0 Å². The van der Waals surface area contributed by atoms with E-state index in [1.165, 1.54) is 30.6 Å². The number of nitrogens with one attached hydrogen (secondary N) is 3. The van der Waals surface area contributed by atoms with E-state index >= 15 is 0 Å². The van der Waals surface area contributed by atoms with Crippen LogP contribution in [0.2, 0.25) is 0 Å². The SMILES string of the molecule is O=C(CCNC(=O)NC1CCCCC1)Nc1nccs1. The predicted molar refractivity (Wildman–Crippen MR) is 78.8 cm³/mol. The summed E-state index contributed by atoms with van der Waals surface area (Å²) in [5.74, 6) is -0.141. The molecule has 1 aromatic rings. The maximum Gasteiger partial charge on any atom is 0.315 e. The van der Waals surface area contributed by atoms with Crippen molar-refractivity contribution in [1.29, 1.82) is 0 Å². The lowest BCUT2D eigenvalue weighted by molar-refractivity contribution is -0.116. The first-order valence-corrected chi connectivity index (χ1v) is 7.86. The van der Waals surface area contributed by atoms with Crippen LogP contribution >= 0.6 is 11.3 Å². The zero-order valence-electron chi connectivity index (χ0n) is 11.4. The van der Waals surface area contributed by atoms with Gasteiger partial charge >= 0.3 is 6.03 Å². The summed E-state index contributed by atoms with van der Waals surface area (Å²) in [4.78, 5) is 27.2. The van der Waals surface area contributed by atoms with Crippen LogP contribution in [0.5, 0.6) is 0 Å². The second-order valence-electron chi connectivity index (χ2n) is 4.87. The smallest absolute Gasteiger partial charge is 0.315 e. The lowest BCUT2D eigenvalue weighted by Crippen LogP contribution is -2.43. The van der Waals surface area contributed by atoms with Crippen LogP contribution in [0.4, 0.5) is 9.93 Å². The molecule has 0 radical (unpaired) electrons. The van der Waals surface area contributed by atoms with E-state index in [0.717, 1.165) is 12.8 Å². The van der Waals surface area contributed by atoms with Gasteiger partial charge in [-0.1, -0.05) is 19.3 Å². The molecule has 0 aromatic carbocycles. The van der Waals surface area contributed by atoms with Gasteiger partial charge in [0.1, 0.15) is 0 Å². The number of anilines is 1. The van der Waals surface area contributed by atoms with Crippen LogP contribution in [-0.2, 0) is 4.79 Å². The van der Waals surface area contributed by atoms with Crippen molar-refractivity contribution in [3.05, 3.63) is 11.6 Å². The largest absolute Gasteiger partial charge is 0.338 e. The van der Waals surface area contributed by atoms with Gasteiger partial charge in [-0.15, -0.1) is 11.3 Å². The molecule has 3 N–H and O–H groups in total. The molecule has 110 valence electrons. The van der Waals surface area contributed by atoms with Gasteiger partial charge in [-0.25, -0.2) is 9.78 Å². The van der Waals surface area contributed by atoms with Crippen LogP contribution in [0.1, 0.15) is 38.5 Å². The second-order valence-corrected chi connectivity index (χ2v) is 5.77. The lowest BCUT2D eigenvalue weighted by Gasteiger charge is -2.22. The topological polar surface area (TPSA) is 83.1 Å². The van der Waals surface area contributed by atoms with Crippen molar-refractivity contribution in [2.45, 2.75) is 44.6 Å². The Morgan fingerprint density at radius 3 is 2.80 bits per heavy atom. The van der Waals surface area contributed by atoms with Crippen LogP contribution in [0.15, 0.2) is 11.6 Å². The molecule has 1 heterocycles. The first-order chi connectivity index (χ1) is 9.74. The molecule has 0 atom stereocenters. The molecule has 1 aromatic heterocycles. The number of hydrogen-bond acceptors (Lipinski definition) is 4. The number of rotatable bonds is 5. The Morgan fingerprint density at radius 1 is 1.30 bits per heavy atom. The monoisotopic (exact) mass is 296 g/mol. The third-order valence-corrected chi connectivity index (χ3v) is 3.95. The van der Waals surface area contributed by atoms with E-state index < -0.39 is 0 Å². The molecule has 0 spiro atoms. The van der Waals surface area contributed by atoms with Gasteiger partial charge in [0.25, 0.3) is 0 Å². The molecular weight excluding hydrogens is 276 g/mol. The summed E-state index contributed by atoms with van der Waals surface area (Å²) < 4.78 is 0. The highest BCUT2D eigenvalue weighted by Crippen LogP contribution is 2.17. The summed E-state index contributed by atoms with van der Waals surface area (Å²) >= 11 is 1.37. The number of urea groups is 1. The third kappa shape index (κ3) is 5.16. The molecule has 0 saturated heterocycles. The van der Waals surface area contributed by atoms with E-state index in [2.05, 4.69) is 20.9 Å². The maximum absolute atomic E-state index is 11.6. The van der Waals surface area contributed by atoms with Crippen LogP contribution in [0, 0.1) is 0 Å². The highest BCUT2D eigenvalue weighted by atomic mass is 32.1. The first kappa shape index (κ1) is 14.8. The van der Waals surface area contributed by atoms with Gasteiger partial charge in [-0.2, -0.15) is 0 Å². The molecule has 1 aliphatic rings. The second kappa shape index (κ2) is 7.84. The number of aromatic nitrogens is 1. The fourth-order valence-corrected chi connectivity index (χ4v) is 2.78. The van der Waals surface area contributed by atoms with E-state index in [-0.39, 0.29) is 24.4 Å². The van der Waals surface area contributed by atoms with Gasteiger partial charge in [-0.3, -0.25) is 4.79 Å². The van der Waals surface area contributed by atoms with Crippen molar-refractivity contribution in [2.24, 2.45) is 0 Å². The average molecular weight is 296 g/mol. The van der Waals surface area contributed by atoms with Crippen molar-refractivity contribution >= 4 is 28.4 Å². The molecule has 1 fully saturated rings. The van der Waals surface area contributed by atoms with Gasteiger partial charge < -0.3 is 16.0 Å². The molecule has 3 amide bonds. The Balaban J connectivity index is 1.57. The number of carbonyl (C=O) groups is 2. The van der Waals surface area contributed by atoms with Crippen molar-refractivity contribution in [2.75, 3.05) is 11.9 Å². The van der Waals surface area contributed by atoms with Crippen LogP contribution < -0.4 is 16.0 Å². The van der Waals surface area contributed by atoms with Gasteiger partial charge in [0.2, 0.25) is 5.91 Å². The van der Waals surface area contributed by atoms with Crippen LogP contribution in [-0.4, -0.2) is 29.5 Å². The molecule has 6 nitrogen and oxygen atoms in total. The minimum Gasteiger partial charge on any atom is -0.338 e. The average Bonchev–Trinajstić information content (AvgIpc) is 2.92. The number of carbonyl (C=O) groups excluding carboxylic acids is 2. The Hall–Kier alpha value is -1.63. The Labute approximate surface area is 122 Å². The highest BCUT2D eigenvalue weighted by molar-refractivity contribution is 7.13. The third-order valence-electron chi connectivity index (χ3n) is 3.26. The van der Waals surface area contributed by atoms with Crippen LogP contribution in [0.25, 0.3) is 0 Å². The number of hydrogen-bond donors (Lipinski definition) is 3.